The second-order valence-electron chi connectivity index (χ2n) is 3.81. The Morgan fingerprint density at radius 3 is 2.08 bits per heavy atom. The first kappa shape index (κ1) is 12.2. The van der Waals surface area contributed by atoms with Crippen LogP contribution in [0, 0.1) is 0 Å². The van der Waals surface area contributed by atoms with E-state index in [9.17, 15) is 4.79 Å². The molecule has 0 radical (unpaired) electrons. The first-order chi connectivity index (χ1) is 5.24. The van der Waals surface area contributed by atoms with E-state index in [0.29, 0.717) is 0 Å². The van der Waals surface area contributed by atoms with Gasteiger partial charge in [-0.2, -0.15) is 0 Å². The maximum absolute atomic E-state index is 11.3. The number of carbonyl (C=O) groups excluding carboxylic acids is 1. The number of nitrogens with two attached hydrogens (primary N) is 1. The van der Waals surface area contributed by atoms with Crippen molar-refractivity contribution >= 4 is 24.1 Å². The van der Waals surface area contributed by atoms with E-state index in [-0.39, 0.29) is 7.90 Å². The third-order valence-corrected chi connectivity index (χ3v) is 4.96. The predicted octanol–water partition coefficient (Wildman–Crippen LogP) is 2.71. The zero-order valence-corrected chi connectivity index (χ0v) is 10.5. The van der Waals surface area contributed by atoms with Crippen molar-refractivity contribution in [3.8, 4) is 0 Å². The number of alkyl halides is 1. The van der Waals surface area contributed by atoms with Crippen molar-refractivity contribution in [2.45, 2.75) is 44.1 Å². The summed E-state index contributed by atoms with van der Waals surface area (Å²) in [6.07, 6.45) is 0. The summed E-state index contributed by atoms with van der Waals surface area (Å²) in [5.41, 5.74) is -0.402. The molecule has 0 fully saturated rings. The van der Waals surface area contributed by atoms with E-state index in [0.717, 1.165) is 0 Å². The summed E-state index contributed by atoms with van der Waals surface area (Å²) in [4.78, 5) is 11.3. The summed E-state index contributed by atoms with van der Waals surface area (Å²) in [5, 5.41) is 0. The molecule has 0 aromatic carbocycles. The molecule has 0 spiro atoms. The Morgan fingerprint density at radius 2 is 1.83 bits per heavy atom. The van der Waals surface area contributed by atoms with Gasteiger partial charge in [0.25, 0.3) is 0 Å². The molecule has 0 aliphatic heterocycles. The van der Waals surface area contributed by atoms with Gasteiger partial charge in [-0.1, -0.05) is 0 Å². The van der Waals surface area contributed by atoms with Crippen LogP contribution in [0.1, 0.15) is 34.6 Å². The molecule has 0 unspecified atom stereocenters. The minimum atomic E-state index is -2.00. The van der Waals surface area contributed by atoms with Crippen LogP contribution in [0.15, 0.2) is 0 Å². The SMILES string of the molecule is CC(C)I(N)C(=O)OC(C)(C)C. The Kier molecular flexibility index (Phi) is 4.47. The van der Waals surface area contributed by atoms with Crippen LogP contribution in [-0.2, 0) is 4.74 Å². The first-order valence-corrected chi connectivity index (χ1v) is 7.46. The van der Waals surface area contributed by atoms with Crippen molar-refractivity contribution in [3.63, 3.8) is 0 Å². The fourth-order valence-corrected chi connectivity index (χ4v) is 2.40. The quantitative estimate of drug-likeness (QED) is 0.368. The molecule has 0 aromatic rings. The van der Waals surface area contributed by atoms with E-state index in [1.807, 2.05) is 34.6 Å². The van der Waals surface area contributed by atoms with Crippen LogP contribution >= 0.6 is 20.1 Å². The van der Waals surface area contributed by atoms with Gasteiger partial charge in [0.05, 0.1) is 0 Å². The van der Waals surface area contributed by atoms with Gasteiger partial charge in [-0.25, -0.2) is 0 Å². The number of ether oxygens (including phenoxy) is 1. The monoisotopic (exact) mass is 287 g/mol. The topological polar surface area (TPSA) is 52.3 Å². The Labute approximate surface area is 81.8 Å². The van der Waals surface area contributed by atoms with Gasteiger partial charge >= 0.3 is 81.7 Å². The molecule has 0 aliphatic rings. The Hall–Kier alpha value is 0.160. The molecule has 0 bridgehead atoms. The number of hydrogen-bond donors (Lipinski definition) is 1. The molecule has 0 aliphatic carbocycles. The average molecular weight is 287 g/mol. The van der Waals surface area contributed by atoms with Crippen molar-refractivity contribution in [1.82, 2.24) is 0 Å². The normalized spacial score (nSPS) is 13.1. The van der Waals surface area contributed by atoms with Crippen LogP contribution in [0.2, 0.25) is 0 Å². The molecule has 0 amide bonds. The van der Waals surface area contributed by atoms with Gasteiger partial charge in [0.2, 0.25) is 0 Å². The van der Waals surface area contributed by atoms with E-state index >= 15 is 0 Å². The van der Waals surface area contributed by atoms with Crippen LogP contribution in [-0.4, -0.2) is 13.5 Å². The van der Waals surface area contributed by atoms with E-state index in [4.69, 9.17) is 8.68 Å². The van der Waals surface area contributed by atoms with Crippen molar-refractivity contribution in [3.05, 3.63) is 0 Å². The van der Waals surface area contributed by atoms with E-state index in [2.05, 4.69) is 0 Å². The molecule has 0 saturated carbocycles. The Morgan fingerprint density at radius 1 is 1.42 bits per heavy atom. The number of carbonyl (C=O) groups is 1. The van der Waals surface area contributed by atoms with Gasteiger partial charge in [-0.3, -0.25) is 0 Å². The molecular formula is C8H18INO2. The van der Waals surface area contributed by atoms with Crippen molar-refractivity contribution in [2.24, 2.45) is 3.95 Å². The van der Waals surface area contributed by atoms with Crippen LogP contribution in [0.3, 0.4) is 0 Å². The zero-order valence-electron chi connectivity index (χ0n) is 8.35. The predicted molar refractivity (Wildman–Crippen MR) is 59.6 cm³/mol. The van der Waals surface area contributed by atoms with Gasteiger partial charge in [-0.05, 0) is 0 Å². The number of halogens is 1. The van der Waals surface area contributed by atoms with Gasteiger partial charge < -0.3 is 0 Å². The molecule has 0 rings (SSSR count). The zero-order chi connectivity index (χ0) is 9.94. The van der Waals surface area contributed by atoms with Crippen LogP contribution < -0.4 is 3.95 Å². The fourth-order valence-electron chi connectivity index (χ4n) is 0.463. The van der Waals surface area contributed by atoms with Crippen molar-refractivity contribution in [2.75, 3.05) is 0 Å². The van der Waals surface area contributed by atoms with Crippen LogP contribution in [0.25, 0.3) is 0 Å². The number of hydrogen-bond acceptors (Lipinski definition) is 3. The third-order valence-electron chi connectivity index (χ3n) is 1.03. The molecule has 12 heavy (non-hydrogen) atoms. The fraction of sp³-hybridized carbons (Fsp3) is 0.875. The Balaban J connectivity index is 4.05. The molecule has 0 heterocycles. The van der Waals surface area contributed by atoms with Crippen molar-refractivity contribution in [1.29, 1.82) is 0 Å². The molecule has 0 saturated heterocycles. The van der Waals surface area contributed by atoms with Crippen molar-refractivity contribution < 1.29 is 9.53 Å². The van der Waals surface area contributed by atoms with Gasteiger partial charge in [0.15, 0.2) is 0 Å². The van der Waals surface area contributed by atoms with Gasteiger partial charge in [0.1, 0.15) is 0 Å². The maximum atomic E-state index is 11.3. The first-order valence-electron chi connectivity index (χ1n) is 3.89. The summed E-state index contributed by atoms with van der Waals surface area (Å²) in [5.74, 6) is 0. The standard InChI is InChI=1S/C8H18INO2/c1-6(2)9(10)7(11)12-8(3,4)5/h6H,10H2,1-5H3. The molecule has 0 atom stereocenters. The molecule has 2 N–H and O–H groups in total. The second kappa shape index (κ2) is 4.41. The van der Waals surface area contributed by atoms with E-state index in [1.54, 1.807) is 0 Å². The Bertz CT molecular complexity index is 163. The van der Waals surface area contributed by atoms with Crippen LogP contribution in [0.5, 0.6) is 0 Å². The summed E-state index contributed by atoms with van der Waals surface area (Å²) in [6.45, 7) is 9.50. The summed E-state index contributed by atoms with van der Waals surface area (Å²) >= 11 is -2.00. The summed E-state index contributed by atoms with van der Waals surface area (Å²) in [6, 6.07) is 0. The third kappa shape index (κ3) is 4.92. The minimum absolute atomic E-state index is 0.165. The molecule has 4 heteroatoms. The van der Waals surface area contributed by atoms with Crippen LogP contribution in [0.4, 0.5) is 4.79 Å². The average Bonchev–Trinajstić information content (AvgIpc) is 1.82. The molecular weight excluding hydrogens is 269 g/mol. The molecule has 74 valence electrons. The van der Waals surface area contributed by atoms with Gasteiger partial charge in [-0.15, -0.1) is 0 Å². The molecule has 0 aromatic heterocycles. The van der Waals surface area contributed by atoms with E-state index in [1.165, 1.54) is 0 Å². The second-order valence-corrected chi connectivity index (χ2v) is 9.15. The summed E-state index contributed by atoms with van der Waals surface area (Å²) < 4.78 is 11.0. The summed E-state index contributed by atoms with van der Waals surface area (Å²) in [7, 11) is 0. The van der Waals surface area contributed by atoms with E-state index < -0.39 is 25.7 Å². The van der Waals surface area contributed by atoms with Gasteiger partial charge in [0, 0.05) is 0 Å². The molecule has 3 nitrogen and oxygen atoms in total. The number of rotatable bonds is 2.